The lowest BCUT2D eigenvalue weighted by molar-refractivity contribution is -0.139. The summed E-state index contributed by atoms with van der Waals surface area (Å²) >= 11 is 0. The molecule has 4 amide bonds. The molecule has 59 heavy (non-hydrogen) atoms. The fourth-order valence-corrected chi connectivity index (χ4v) is 8.84. The molecule has 1 atom stereocenters. The van der Waals surface area contributed by atoms with E-state index in [1.807, 2.05) is 27.9 Å². The Kier molecular flexibility index (Phi) is 9.43. The Morgan fingerprint density at radius 1 is 1.00 bits per heavy atom. The van der Waals surface area contributed by atoms with E-state index >= 15 is 8.78 Å². The van der Waals surface area contributed by atoms with Crippen LogP contribution in [0.5, 0.6) is 0 Å². The van der Waals surface area contributed by atoms with Gasteiger partial charge >= 0.3 is 0 Å². The zero-order valence-corrected chi connectivity index (χ0v) is 32.5. The zero-order chi connectivity index (χ0) is 41.3. The van der Waals surface area contributed by atoms with Crippen LogP contribution in [0.2, 0.25) is 0 Å². The van der Waals surface area contributed by atoms with Gasteiger partial charge in [0.25, 0.3) is 5.91 Å². The number of rotatable bonds is 8. The van der Waals surface area contributed by atoms with Crippen molar-refractivity contribution < 1.29 is 33.1 Å². The van der Waals surface area contributed by atoms with E-state index < -0.39 is 40.9 Å². The Balaban J connectivity index is 0.784. The average molecular weight is 805 g/mol. The first-order valence-electron chi connectivity index (χ1n) is 19.8. The minimum absolute atomic E-state index is 0.0188. The molecular formula is C42H42F2N10O5. The SMILES string of the molecule is [C-]#[N+]c1cnn2c(C(=O)Nc3cc4cn(C5CC(N6CCN(C(=O)C7CN(c8cc(F)c([C@H]9CCC(=O)NC9=O)c(F)c8)C7)CC6)C5)nc4cc3C(C)(C)O)ccc2c1. The summed E-state index contributed by atoms with van der Waals surface area (Å²) in [6.45, 7) is 13.9. The van der Waals surface area contributed by atoms with Gasteiger partial charge in [0.05, 0.1) is 47.3 Å². The number of fused-ring (bicyclic) bond motifs is 2. The van der Waals surface area contributed by atoms with Gasteiger partial charge in [-0.25, -0.2) is 18.1 Å². The molecule has 3 aromatic heterocycles. The highest BCUT2D eigenvalue weighted by Gasteiger charge is 2.41. The fraction of sp³-hybridized carbons (Fsp3) is 0.405. The third-order valence-electron chi connectivity index (χ3n) is 12.3. The van der Waals surface area contributed by atoms with Gasteiger partial charge < -0.3 is 20.2 Å². The lowest BCUT2D eigenvalue weighted by Gasteiger charge is -2.48. The Morgan fingerprint density at radius 3 is 2.41 bits per heavy atom. The van der Waals surface area contributed by atoms with Crippen LogP contribution in [-0.4, -0.2) is 103 Å². The normalized spacial score (nSPS) is 21.6. The second-order valence-electron chi connectivity index (χ2n) is 16.5. The Morgan fingerprint density at radius 2 is 1.73 bits per heavy atom. The number of aliphatic hydroxyl groups is 1. The molecule has 3 aliphatic heterocycles. The van der Waals surface area contributed by atoms with Gasteiger partial charge in [0, 0.05) is 85.8 Å². The summed E-state index contributed by atoms with van der Waals surface area (Å²) in [6, 6.07) is 11.6. The topological polar surface area (TPSA) is 162 Å². The summed E-state index contributed by atoms with van der Waals surface area (Å²) in [4.78, 5) is 60.0. The van der Waals surface area contributed by atoms with Gasteiger partial charge in [-0.05, 0) is 75.6 Å². The first-order chi connectivity index (χ1) is 28.2. The van der Waals surface area contributed by atoms with Gasteiger partial charge in [-0.3, -0.25) is 34.1 Å². The van der Waals surface area contributed by atoms with Gasteiger partial charge in [0.15, 0.2) is 0 Å². The summed E-state index contributed by atoms with van der Waals surface area (Å²) in [5, 5.41) is 26.1. The van der Waals surface area contributed by atoms with Crippen molar-refractivity contribution in [2.24, 2.45) is 5.92 Å². The van der Waals surface area contributed by atoms with Crippen molar-refractivity contribution in [2.45, 2.75) is 63.1 Å². The summed E-state index contributed by atoms with van der Waals surface area (Å²) in [7, 11) is 0. The van der Waals surface area contributed by atoms with E-state index in [-0.39, 0.29) is 42.0 Å². The van der Waals surface area contributed by atoms with Crippen LogP contribution >= 0.6 is 0 Å². The first-order valence-corrected chi connectivity index (χ1v) is 19.8. The molecule has 0 radical (unpaired) electrons. The molecule has 304 valence electrons. The van der Waals surface area contributed by atoms with Gasteiger partial charge in [-0.15, -0.1) is 0 Å². The molecule has 0 bridgehead atoms. The molecule has 1 saturated carbocycles. The molecule has 2 aromatic carbocycles. The first kappa shape index (κ1) is 38.3. The van der Waals surface area contributed by atoms with Crippen LogP contribution in [0.25, 0.3) is 21.3 Å². The van der Waals surface area contributed by atoms with Crippen molar-refractivity contribution in [1.29, 1.82) is 0 Å². The van der Waals surface area contributed by atoms with E-state index in [1.54, 1.807) is 36.9 Å². The summed E-state index contributed by atoms with van der Waals surface area (Å²) in [6.07, 6.45) is 5.22. The molecule has 4 aliphatic rings. The monoisotopic (exact) mass is 804 g/mol. The maximum atomic E-state index is 15.1. The van der Waals surface area contributed by atoms with Gasteiger partial charge in [0.2, 0.25) is 23.4 Å². The quantitative estimate of drug-likeness (QED) is 0.152. The Bertz CT molecular complexity index is 2570. The highest BCUT2D eigenvalue weighted by molar-refractivity contribution is 6.05. The molecular weight excluding hydrogens is 763 g/mol. The molecule has 6 heterocycles. The van der Waals surface area contributed by atoms with Crippen LogP contribution < -0.4 is 15.5 Å². The minimum atomic E-state index is -1.28. The fourth-order valence-electron chi connectivity index (χ4n) is 8.84. The van der Waals surface area contributed by atoms with Crippen molar-refractivity contribution in [3.63, 3.8) is 0 Å². The zero-order valence-electron chi connectivity index (χ0n) is 32.5. The number of imide groups is 1. The van der Waals surface area contributed by atoms with Crippen LogP contribution in [-0.2, 0) is 20.0 Å². The van der Waals surface area contributed by atoms with Crippen molar-refractivity contribution >= 4 is 57.1 Å². The predicted octanol–water partition coefficient (Wildman–Crippen LogP) is 4.50. The number of hydrogen-bond acceptors (Lipinski definition) is 9. The van der Waals surface area contributed by atoms with Crippen molar-refractivity contribution in [3.05, 3.63) is 94.7 Å². The summed E-state index contributed by atoms with van der Waals surface area (Å²) in [5.41, 5.74) is 1.66. The number of piperidine rings is 1. The number of halogens is 2. The van der Waals surface area contributed by atoms with Crippen molar-refractivity contribution in [1.82, 2.24) is 34.5 Å². The van der Waals surface area contributed by atoms with E-state index in [0.717, 1.165) is 31.3 Å². The minimum Gasteiger partial charge on any atom is -0.386 e. The lowest BCUT2D eigenvalue weighted by Crippen LogP contribution is -2.60. The number of aromatic nitrogens is 4. The largest absolute Gasteiger partial charge is 0.386 e. The van der Waals surface area contributed by atoms with E-state index in [9.17, 15) is 24.3 Å². The molecule has 3 N–H and O–H groups in total. The van der Waals surface area contributed by atoms with Crippen LogP contribution in [0.15, 0.2) is 54.9 Å². The van der Waals surface area contributed by atoms with Crippen LogP contribution in [0.1, 0.15) is 73.1 Å². The number of amides is 4. The van der Waals surface area contributed by atoms with E-state index in [0.29, 0.717) is 65.9 Å². The van der Waals surface area contributed by atoms with E-state index in [1.165, 1.54) is 22.8 Å². The number of hydrogen-bond donors (Lipinski definition) is 3. The third-order valence-corrected chi connectivity index (χ3v) is 12.3. The van der Waals surface area contributed by atoms with Crippen LogP contribution in [0.4, 0.5) is 25.8 Å². The van der Waals surface area contributed by atoms with E-state index in [2.05, 4.69) is 25.5 Å². The summed E-state index contributed by atoms with van der Waals surface area (Å²) in [5.74, 6) is -4.55. The van der Waals surface area contributed by atoms with Gasteiger partial charge in [-0.1, -0.05) is 0 Å². The second-order valence-corrected chi connectivity index (χ2v) is 16.5. The molecule has 15 nitrogen and oxygen atoms in total. The van der Waals surface area contributed by atoms with E-state index in [4.69, 9.17) is 11.7 Å². The van der Waals surface area contributed by atoms with Crippen LogP contribution in [0, 0.1) is 24.1 Å². The Hall–Kier alpha value is -6.25. The molecule has 0 unspecified atom stereocenters. The number of carbonyl (C=O) groups is 4. The lowest BCUT2D eigenvalue weighted by atomic mass is 9.85. The number of carbonyl (C=O) groups excluding carboxylic acids is 4. The standard InChI is InChI=1S/C42H42F2N10O5/c1-42(2,59)31-18-34-23(12-35(31)47-40(57)36-6-4-26-13-25(45-3)19-46-54(26)36)22-53(49-34)29-14-27(15-29)50-8-10-51(11-9-50)41(58)24-20-52(21-24)28-16-32(43)38(33(44)17-28)30-5-7-37(55)48-39(30)56/h4,6,12-13,16-19,22,24,27,29-30,59H,5,7-11,14-15,20-21H2,1-2H3,(H,47,57)(H,48,55,56)/t27?,29?,30-/m1/s1. The molecule has 9 rings (SSSR count). The van der Waals surface area contributed by atoms with Gasteiger partial charge in [0.1, 0.15) is 17.3 Å². The van der Waals surface area contributed by atoms with Crippen molar-refractivity contribution in [3.8, 4) is 0 Å². The molecule has 5 aromatic rings. The molecule has 3 saturated heterocycles. The number of anilines is 2. The third kappa shape index (κ3) is 7.05. The predicted molar refractivity (Wildman–Crippen MR) is 212 cm³/mol. The highest BCUT2D eigenvalue weighted by Crippen LogP contribution is 2.39. The maximum Gasteiger partial charge on any atom is 0.274 e. The maximum absolute atomic E-state index is 15.1. The molecule has 1 aliphatic carbocycles. The molecule has 4 fully saturated rings. The smallest absolute Gasteiger partial charge is 0.274 e. The second kappa shape index (κ2) is 14.5. The summed E-state index contributed by atoms with van der Waals surface area (Å²) < 4.78 is 33.6. The molecule has 0 spiro atoms. The number of piperazine rings is 1. The van der Waals surface area contributed by atoms with Gasteiger partial charge in [-0.2, -0.15) is 10.2 Å². The van der Waals surface area contributed by atoms with Crippen molar-refractivity contribution in [2.75, 3.05) is 49.5 Å². The number of nitrogens with zero attached hydrogens (tertiary/aromatic N) is 8. The number of benzene rings is 2. The Labute approximate surface area is 337 Å². The molecule has 17 heteroatoms. The highest BCUT2D eigenvalue weighted by atomic mass is 19.1. The average Bonchev–Trinajstić information content (AvgIpc) is 3.77. The number of nitrogens with one attached hydrogen (secondary N) is 2. The van der Waals surface area contributed by atoms with Crippen LogP contribution in [0.3, 0.4) is 0 Å².